The van der Waals surface area contributed by atoms with Gasteiger partial charge >= 0.3 is 5.97 Å². The molecule has 0 aliphatic carbocycles. The molecule has 2 aromatic carbocycles. The predicted octanol–water partition coefficient (Wildman–Crippen LogP) is 4.31. The Kier molecular flexibility index (Phi) is 8.12. The highest BCUT2D eigenvalue weighted by atomic mass is 32.2. The van der Waals surface area contributed by atoms with Gasteiger partial charge in [0.2, 0.25) is 0 Å². The zero-order valence-corrected chi connectivity index (χ0v) is 20.2. The zero-order chi connectivity index (χ0) is 24.8. The van der Waals surface area contributed by atoms with Crippen molar-refractivity contribution >= 4 is 46.5 Å². The Morgan fingerprint density at radius 2 is 1.88 bits per heavy atom. The van der Waals surface area contributed by atoms with Crippen LogP contribution in [-0.2, 0) is 19.1 Å². The van der Waals surface area contributed by atoms with Gasteiger partial charge < -0.3 is 14.8 Å². The maximum absolute atomic E-state index is 12.7. The lowest BCUT2D eigenvalue weighted by Gasteiger charge is -2.19. The fourth-order valence-electron chi connectivity index (χ4n) is 3.19. The molecule has 2 aromatic rings. The van der Waals surface area contributed by atoms with Crippen LogP contribution in [0, 0.1) is 13.8 Å². The topological polar surface area (TPSA) is 102 Å². The van der Waals surface area contributed by atoms with Crippen molar-refractivity contribution in [1.82, 2.24) is 4.90 Å². The Morgan fingerprint density at radius 1 is 1.12 bits per heavy atom. The van der Waals surface area contributed by atoms with Gasteiger partial charge in [-0.3, -0.25) is 19.3 Å². The number of carbonyl (C=O) groups excluding carboxylic acids is 4. The largest absolute Gasteiger partial charge is 0.484 e. The first kappa shape index (κ1) is 25.0. The molecule has 1 saturated heterocycles. The number of hydrogen-bond acceptors (Lipinski definition) is 7. The van der Waals surface area contributed by atoms with Crippen LogP contribution >= 0.6 is 11.8 Å². The Labute approximate surface area is 202 Å². The second-order valence-corrected chi connectivity index (χ2v) is 8.68. The minimum absolute atomic E-state index is 0.157. The summed E-state index contributed by atoms with van der Waals surface area (Å²) < 4.78 is 10.5. The third-order valence-electron chi connectivity index (χ3n) is 5.16. The van der Waals surface area contributed by atoms with Gasteiger partial charge in [-0.1, -0.05) is 18.2 Å². The van der Waals surface area contributed by atoms with E-state index in [1.807, 2.05) is 32.0 Å². The standard InChI is InChI=1S/C25H26N2O6S/c1-5-32-24(30)17(4)27-23(29)21(34-25(27)31)13-18-7-6-8-20(12-18)33-14-22(28)26-19-10-9-15(2)16(3)11-19/h6-13,17H,5,14H2,1-4H3,(H,26,28)/b21-13+/t17-/m1/s1. The van der Waals surface area contributed by atoms with Gasteiger partial charge in [0.1, 0.15) is 11.8 Å². The number of benzene rings is 2. The minimum Gasteiger partial charge on any atom is -0.484 e. The number of anilines is 1. The number of hydrogen-bond donors (Lipinski definition) is 1. The van der Waals surface area contributed by atoms with E-state index in [9.17, 15) is 19.2 Å². The number of rotatable bonds is 8. The Hall–Kier alpha value is -3.59. The van der Waals surface area contributed by atoms with Gasteiger partial charge in [-0.15, -0.1) is 0 Å². The lowest BCUT2D eigenvalue weighted by Crippen LogP contribution is -2.42. The van der Waals surface area contributed by atoms with Crippen LogP contribution in [0.4, 0.5) is 10.5 Å². The number of nitrogens with zero attached hydrogens (tertiary/aromatic N) is 1. The third kappa shape index (κ3) is 6.05. The van der Waals surface area contributed by atoms with Crippen molar-refractivity contribution in [3.05, 3.63) is 64.1 Å². The Bertz CT molecular complexity index is 1160. The molecule has 0 radical (unpaired) electrons. The van der Waals surface area contributed by atoms with Crippen LogP contribution in [0.3, 0.4) is 0 Å². The van der Waals surface area contributed by atoms with Gasteiger partial charge in [-0.05, 0) is 86.5 Å². The molecule has 3 amide bonds. The Balaban J connectivity index is 1.64. The van der Waals surface area contributed by atoms with Crippen LogP contribution in [-0.4, -0.2) is 47.2 Å². The number of thioether (sulfide) groups is 1. The maximum Gasteiger partial charge on any atom is 0.329 e. The highest BCUT2D eigenvalue weighted by Crippen LogP contribution is 2.34. The van der Waals surface area contributed by atoms with E-state index in [-0.39, 0.29) is 24.0 Å². The van der Waals surface area contributed by atoms with Crippen molar-refractivity contribution in [2.75, 3.05) is 18.5 Å². The summed E-state index contributed by atoms with van der Waals surface area (Å²) in [6, 6.07) is 11.5. The second-order valence-electron chi connectivity index (χ2n) is 7.69. The van der Waals surface area contributed by atoms with E-state index in [1.54, 1.807) is 37.3 Å². The molecule has 1 aliphatic rings. The summed E-state index contributed by atoms with van der Waals surface area (Å²) in [6.07, 6.45) is 1.55. The van der Waals surface area contributed by atoms with Crippen LogP contribution in [0.25, 0.3) is 6.08 Å². The van der Waals surface area contributed by atoms with Crippen LogP contribution in [0.15, 0.2) is 47.4 Å². The summed E-state index contributed by atoms with van der Waals surface area (Å²) in [5.41, 5.74) is 3.52. The molecule has 9 heteroatoms. The molecule has 1 N–H and O–H groups in total. The number of imide groups is 1. The van der Waals surface area contributed by atoms with Crippen LogP contribution in [0.2, 0.25) is 0 Å². The molecule has 0 bridgehead atoms. The monoisotopic (exact) mass is 482 g/mol. The zero-order valence-electron chi connectivity index (χ0n) is 19.4. The van der Waals surface area contributed by atoms with Crippen LogP contribution < -0.4 is 10.1 Å². The SMILES string of the molecule is CCOC(=O)[C@@H](C)N1C(=O)S/C(=C/c2cccc(OCC(=O)Nc3ccc(C)c(C)c3)c2)C1=O. The summed E-state index contributed by atoms with van der Waals surface area (Å²) in [5, 5.41) is 2.26. The quantitative estimate of drug-likeness (QED) is 0.442. The van der Waals surface area contributed by atoms with Gasteiger partial charge in [0.25, 0.3) is 17.1 Å². The Morgan fingerprint density at radius 3 is 2.59 bits per heavy atom. The van der Waals surface area contributed by atoms with E-state index in [1.165, 1.54) is 6.92 Å². The van der Waals surface area contributed by atoms with Crippen molar-refractivity contribution in [3.8, 4) is 5.75 Å². The fraction of sp³-hybridized carbons (Fsp3) is 0.280. The van der Waals surface area contributed by atoms with E-state index >= 15 is 0 Å². The first-order valence-electron chi connectivity index (χ1n) is 10.7. The normalized spacial score (nSPS) is 15.4. The van der Waals surface area contributed by atoms with Crippen LogP contribution in [0.1, 0.15) is 30.5 Å². The molecule has 3 rings (SSSR count). The maximum atomic E-state index is 12.7. The number of carbonyl (C=O) groups is 4. The summed E-state index contributed by atoms with van der Waals surface area (Å²) in [6.45, 7) is 7.04. The van der Waals surface area contributed by atoms with Crippen molar-refractivity contribution < 1.29 is 28.7 Å². The molecule has 1 fully saturated rings. The third-order valence-corrected chi connectivity index (χ3v) is 6.04. The molecule has 1 heterocycles. The first-order chi connectivity index (χ1) is 16.2. The highest BCUT2D eigenvalue weighted by Gasteiger charge is 2.41. The predicted molar refractivity (Wildman–Crippen MR) is 130 cm³/mol. The van der Waals surface area contributed by atoms with Gasteiger partial charge in [0.15, 0.2) is 6.61 Å². The molecular formula is C25H26N2O6S. The summed E-state index contributed by atoms with van der Waals surface area (Å²) in [5.74, 6) is -1.07. The van der Waals surface area contributed by atoms with Gasteiger partial charge in [-0.25, -0.2) is 4.79 Å². The molecule has 0 aromatic heterocycles. The van der Waals surface area contributed by atoms with Gasteiger partial charge in [0, 0.05) is 5.69 Å². The number of aryl methyl sites for hydroxylation is 2. The molecule has 0 saturated carbocycles. The number of nitrogens with one attached hydrogen (secondary N) is 1. The highest BCUT2D eigenvalue weighted by molar-refractivity contribution is 8.18. The van der Waals surface area contributed by atoms with E-state index in [2.05, 4.69) is 5.32 Å². The van der Waals surface area contributed by atoms with E-state index in [0.717, 1.165) is 27.8 Å². The molecule has 0 unspecified atom stereocenters. The summed E-state index contributed by atoms with van der Waals surface area (Å²) in [4.78, 5) is 50.3. The fourth-order valence-corrected chi connectivity index (χ4v) is 4.10. The summed E-state index contributed by atoms with van der Waals surface area (Å²) >= 11 is 0.754. The molecule has 34 heavy (non-hydrogen) atoms. The summed E-state index contributed by atoms with van der Waals surface area (Å²) in [7, 11) is 0. The average Bonchev–Trinajstić information content (AvgIpc) is 3.07. The van der Waals surface area contributed by atoms with Gasteiger partial charge in [-0.2, -0.15) is 0 Å². The first-order valence-corrected chi connectivity index (χ1v) is 11.5. The lowest BCUT2D eigenvalue weighted by molar-refractivity contribution is -0.150. The van der Waals surface area contributed by atoms with Crippen molar-refractivity contribution in [1.29, 1.82) is 0 Å². The van der Waals surface area contributed by atoms with Crippen molar-refractivity contribution in [2.24, 2.45) is 0 Å². The molecular weight excluding hydrogens is 456 g/mol. The number of esters is 1. The smallest absolute Gasteiger partial charge is 0.329 e. The van der Waals surface area contributed by atoms with Crippen molar-refractivity contribution in [2.45, 2.75) is 33.7 Å². The average molecular weight is 483 g/mol. The molecule has 8 nitrogen and oxygen atoms in total. The molecule has 178 valence electrons. The van der Waals surface area contributed by atoms with Crippen molar-refractivity contribution in [3.63, 3.8) is 0 Å². The molecule has 1 atom stereocenters. The number of amides is 3. The molecule has 1 aliphatic heterocycles. The minimum atomic E-state index is -1.01. The van der Waals surface area contributed by atoms with E-state index < -0.39 is 23.2 Å². The van der Waals surface area contributed by atoms with Crippen LogP contribution in [0.5, 0.6) is 5.75 Å². The van der Waals surface area contributed by atoms with E-state index in [4.69, 9.17) is 9.47 Å². The second kappa shape index (κ2) is 11.0. The lowest BCUT2D eigenvalue weighted by atomic mass is 10.1. The number of ether oxygens (including phenoxy) is 2. The van der Waals surface area contributed by atoms with E-state index in [0.29, 0.717) is 17.0 Å². The molecule has 0 spiro atoms. The van der Waals surface area contributed by atoms with Gasteiger partial charge in [0.05, 0.1) is 11.5 Å².